The van der Waals surface area contributed by atoms with Crippen molar-refractivity contribution in [2.45, 2.75) is 45.1 Å². The number of nitrogens with zero attached hydrogens (tertiary/aromatic N) is 1. The van der Waals surface area contributed by atoms with Gasteiger partial charge in [-0.15, -0.1) is 0 Å². The van der Waals surface area contributed by atoms with E-state index in [2.05, 4.69) is 4.90 Å². The largest absolute Gasteiger partial charge is 0.342 e. The fraction of sp³-hybridized carbons (Fsp3) is 0.632. The van der Waals surface area contributed by atoms with Gasteiger partial charge in [0.25, 0.3) is 0 Å². The molecular formula is C19H28FN2O+. The van der Waals surface area contributed by atoms with E-state index in [9.17, 15) is 9.18 Å². The third-order valence-electron chi connectivity index (χ3n) is 5.23. The first-order valence-corrected chi connectivity index (χ1v) is 9.09. The Hall–Kier alpha value is -1.42. The van der Waals surface area contributed by atoms with Crippen LogP contribution in [0.3, 0.4) is 0 Å². The number of amides is 1. The molecule has 1 aromatic carbocycles. The van der Waals surface area contributed by atoms with Gasteiger partial charge in [-0.3, -0.25) is 4.79 Å². The van der Waals surface area contributed by atoms with Crippen molar-refractivity contribution in [3.05, 3.63) is 35.6 Å². The highest BCUT2D eigenvalue weighted by atomic mass is 19.1. The number of piperidine rings is 1. The number of hydrogen-bond acceptors (Lipinski definition) is 1. The molecule has 0 spiro atoms. The Morgan fingerprint density at radius 2 is 1.96 bits per heavy atom. The first-order valence-electron chi connectivity index (χ1n) is 9.09. The number of carbonyl (C=O) groups excluding carboxylic acids is 1. The monoisotopic (exact) mass is 319 g/mol. The highest BCUT2D eigenvalue weighted by molar-refractivity contribution is 5.79. The van der Waals surface area contributed by atoms with Crippen molar-refractivity contribution < 1.29 is 14.1 Å². The predicted molar refractivity (Wildman–Crippen MR) is 88.6 cm³/mol. The Morgan fingerprint density at radius 1 is 1.17 bits per heavy atom. The van der Waals surface area contributed by atoms with Crippen molar-refractivity contribution in [3.63, 3.8) is 0 Å². The normalized spacial score (nSPS) is 25.9. The second-order valence-corrected chi connectivity index (χ2v) is 7.09. The Bertz CT molecular complexity index is 526. The molecule has 126 valence electrons. The third-order valence-corrected chi connectivity index (χ3v) is 5.23. The van der Waals surface area contributed by atoms with Crippen LogP contribution in [0, 0.1) is 11.7 Å². The molecule has 0 bridgehead atoms. The number of nitrogens with one attached hydrogen (secondary N) is 1. The van der Waals surface area contributed by atoms with Gasteiger partial charge in [0.05, 0.1) is 19.0 Å². The van der Waals surface area contributed by atoms with Crippen LogP contribution in [0.5, 0.6) is 0 Å². The van der Waals surface area contributed by atoms with E-state index in [1.54, 1.807) is 12.1 Å². The minimum atomic E-state index is -0.170. The zero-order valence-electron chi connectivity index (χ0n) is 13.9. The van der Waals surface area contributed by atoms with E-state index in [0.717, 1.165) is 64.0 Å². The third kappa shape index (κ3) is 4.54. The molecule has 4 heteroatoms. The second-order valence-electron chi connectivity index (χ2n) is 7.09. The average molecular weight is 319 g/mol. The van der Waals surface area contributed by atoms with Gasteiger partial charge >= 0.3 is 0 Å². The highest BCUT2D eigenvalue weighted by Gasteiger charge is 2.31. The number of benzene rings is 1. The summed E-state index contributed by atoms with van der Waals surface area (Å²) in [5.41, 5.74) is 1.03. The zero-order valence-corrected chi connectivity index (χ0v) is 13.9. The maximum atomic E-state index is 13.3. The molecule has 3 rings (SSSR count). The molecule has 23 heavy (non-hydrogen) atoms. The molecule has 2 unspecified atom stereocenters. The van der Waals surface area contributed by atoms with Crippen LogP contribution in [0.15, 0.2) is 24.3 Å². The summed E-state index contributed by atoms with van der Waals surface area (Å²) in [6, 6.07) is 6.86. The molecule has 0 aromatic heterocycles. The molecule has 0 aliphatic carbocycles. The Balaban J connectivity index is 1.57. The lowest BCUT2D eigenvalue weighted by atomic mass is 9.96. The molecule has 3 nitrogen and oxygen atoms in total. The predicted octanol–water partition coefficient (Wildman–Crippen LogP) is 2.02. The fourth-order valence-corrected chi connectivity index (χ4v) is 4.01. The zero-order chi connectivity index (χ0) is 16.1. The summed E-state index contributed by atoms with van der Waals surface area (Å²) >= 11 is 0. The van der Waals surface area contributed by atoms with Crippen molar-refractivity contribution in [2.75, 3.05) is 26.2 Å². The summed E-state index contributed by atoms with van der Waals surface area (Å²) in [5, 5.41) is 0. The maximum absolute atomic E-state index is 13.3. The number of likely N-dealkylation sites (tertiary alicyclic amines) is 2. The minimum absolute atomic E-state index is 0.158. The van der Waals surface area contributed by atoms with Crippen LogP contribution in [0.2, 0.25) is 0 Å². The van der Waals surface area contributed by atoms with Gasteiger partial charge in [0.1, 0.15) is 12.4 Å². The van der Waals surface area contributed by atoms with Crippen LogP contribution >= 0.6 is 0 Å². The van der Waals surface area contributed by atoms with Crippen LogP contribution in [0.4, 0.5) is 4.39 Å². The standard InChI is InChI=1S/C19H27FN2O/c20-18-9-5-7-16(13-18)14-21-10-6-8-17(15-21)19(23)22-11-3-1-2-4-12-22/h5,7,9,13,17H,1-4,6,8,10-12,14-15H2/p+1. The van der Waals surface area contributed by atoms with Gasteiger partial charge in [-0.05, 0) is 37.8 Å². The van der Waals surface area contributed by atoms with E-state index in [1.807, 2.05) is 6.07 Å². The van der Waals surface area contributed by atoms with E-state index in [0.29, 0.717) is 5.91 Å². The molecule has 1 aromatic rings. The van der Waals surface area contributed by atoms with E-state index in [4.69, 9.17) is 0 Å². The minimum Gasteiger partial charge on any atom is -0.342 e. The van der Waals surface area contributed by atoms with Crippen LogP contribution < -0.4 is 4.90 Å². The highest BCUT2D eigenvalue weighted by Crippen LogP contribution is 2.16. The average Bonchev–Trinajstić information content (AvgIpc) is 2.84. The Morgan fingerprint density at radius 3 is 2.70 bits per heavy atom. The summed E-state index contributed by atoms with van der Waals surface area (Å²) in [7, 11) is 0. The van der Waals surface area contributed by atoms with Crippen LogP contribution in [-0.4, -0.2) is 37.0 Å². The number of rotatable bonds is 3. The quantitative estimate of drug-likeness (QED) is 0.906. The first kappa shape index (κ1) is 16.4. The molecule has 2 aliphatic rings. The van der Waals surface area contributed by atoms with Gasteiger partial charge < -0.3 is 9.80 Å². The topological polar surface area (TPSA) is 24.8 Å². The van der Waals surface area contributed by atoms with Crippen LogP contribution in [0.1, 0.15) is 44.1 Å². The Kier molecular flexibility index (Phi) is 5.65. The van der Waals surface area contributed by atoms with Gasteiger partial charge in [-0.25, -0.2) is 4.39 Å². The summed E-state index contributed by atoms with van der Waals surface area (Å²) < 4.78 is 13.3. The van der Waals surface area contributed by atoms with Crippen LogP contribution in [0.25, 0.3) is 0 Å². The van der Waals surface area contributed by atoms with Gasteiger partial charge in [-0.2, -0.15) is 0 Å². The van der Waals surface area contributed by atoms with Crippen molar-refractivity contribution in [1.82, 2.24) is 4.90 Å². The summed E-state index contributed by atoms with van der Waals surface area (Å²) in [6.07, 6.45) is 6.92. The lowest BCUT2D eigenvalue weighted by Crippen LogP contribution is -3.12. The molecule has 2 atom stereocenters. The van der Waals surface area contributed by atoms with Gasteiger partial charge in [-0.1, -0.05) is 25.0 Å². The van der Waals surface area contributed by atoms with E-state index in [1.165, 1.54) is 23.8 Å². The number of quaternary nitrogens is 1. The molecule has 1 amide bonds. The molecule has 0 saturated carbocycles. The van der Waals surface area contributed by atoms with Crippen LogP contribution in [-0.2, 0) is 11.3 Å². The molecule has 0 radical (unpaired) electrons. The second kappa shape index (κ2) is 7.91. The maximum Gasteiger partial charge on any atom is 0.231 e. The van der Waals surface area contributed by atoms with E-state index < -0.39 is 0 Å². The first-order chi connectivity index (χ1) is 11.2. The molecule has 2 heterocycles. The van der Waals surface area contributed by atoms with Crippen molar-refractivity contribution in [2.24, 2.45) is 5.92 Å². The molecule has 1 N–H and O–H groups in total. The van der Waals surface area contributed by atoms with Gasteiger partial charge in [0.2, 0.25) is 5.91 Å². The summed E-state index contributed by atoms with van der Waals surface area (Å²) in [4.78, 5) is 16.3. The number of carbonyl (C=O) groups is 1. The van der Waals surface area contributed by atoms with E-state index >= 15 is 0 Å². The molecule has 2 aliphatic heterocycles. The van der Waals surface area contributed by atoms with Crippen molar-refractivity contribution in [1.29, 1.82) is 0 Å². The van der Waals surface area contributed by atoms with Gasteiger partial charge in [0.15, 0.2) is 0 Å². The molecule has 2 saturated heterocycles. The molecule has 2 fully saturated rings. The fourth-order valence-electron chi connectivity index (χ4n) is 4.01. The number of halogens is 1. The smallest absolute Gasteiger partial charge is 0.231 e. The SMILES string of the molecule is O=C(C1CCC[NH+](Cc2cccc(F)c2)C1)N1CCCCCC1. The summed E-state index contributed by atoms with van der Waals surface area (Å²) in [5.74, 6) is 0.352. The lowest BCUT2D eigenvalue weighted by Gasteiger charge is -2.32. The lowest BCUT2D eigenvalue weighted by molar-refractivity contribution is -0.921. The Labute approximate surface area is 138 Å². The summed E-state index contributed by atoms with van der Waals surface area (Å²) in [6.45, 7) is 4.68. The molecular weight excluding hydrogens is 291 g/mol. The van der Waals surface area contributed by atoms with Crippen molar-refractivity contribution >= 4 is 5.91 Å². The number of hydrogen-bond donors (Lipinski definition) is 1. The van der Waals surface area contributed by atoms with E-state index in [-0.39, 0.29) is 11.7 Å². The van der Waals surface area contributed by atoms with Gasteiger partial charge in [0, 0.05) is 18.7 Å². The van der Waals surface area contributed by atoms with Crippen molar-refractivity contribution in [3.8, 4) is 0 Å².